The number of phenols is 1. The van der Waals surface area contributed by atoms with Crippen molar-refractivity contribution in [3.63, 3.8) is 0 Å². The molecule has 84 valence electrons. The van der Waals surface area contributed by atoms with E-state index in [1.54, 1.807) is 12.1 Å². The monoisotopic (exact) mass is 217 g/mol. The maximum absolute atomic E-state index is 11.9. The fourth-order valence-electron chi connectivity index (χ4n) is 1.07. The van der Waals surface area contributed by atoms with E-state index >= 15 is 0 Å². The third-order valence-electron chi connectivity index (χ3n) is 1.91. The lowest BCUT2D eigenvalue weighted by molar-refractivity contribution is -0.00340. The lowest BCUT2D eigenvalue weighted by atomic mass is 10.2. The average Bonchev–Trinajstić information content (AvgIpc) is 2.20. The Morgan fingerprint density at radius 1 is 1.20 bits per heavy atom. The Kier molecular flexibility index (Phi) is 4.45. The first-order valence-corrected chi connectivity index (χ1v) is 4.54. The number of hydrogen-bond acceptors (Lipinski definition) is 3. The van der Waals surface area contributed by atoms with E-state index in [9.17, 15) is 8.78 Å². The highest BCUT2D eigenvalue weighted by Crippen LogP contribution is 2.09. The molecule has 0 aliphatic rings. The minimum atomic E-state index is -2.72. The van der Waals surface area contributed by atoms with Crippen molar-refractivity contribution in [2.75, 3.05) is 6.54 Å². The Morgan fingerprint density at radius 3 is 2.33 bits per heavy atom. The Hall–Kier alpha value is -1.20. The number of alkyl halides is 2. The lowest BCUT2D eigenvalue weighted by Crippen LogP contribution is -2.31. The largest absolute Gasteiger partial charge is 0.508 e. The van der Waals surface area contributed by atoms with Crippen LogP contribution in [0.1, 0.15) is 5.56 Å². The van der Waals surface area contributed by atoms with Crippen LogP contribution in [-0.2, 0) is 6.54 Å². The molecule has 1 aromatic carbocycles. The van der Waals surface area contributed by atoms with Crippen molar-refractivity contribution in [3.05, 3.63) is 29.8 Å². The third-order valence-corrected chi connectivity index (χ3v) is 1.91. The average molecular weight is 217 g/mol. The van der Waals surface area contributed by atoms with Crippen LogP contribution >= 0.6 is 0 Å². The van der Waals surface area contributed by atoms with Crippen LogP contribution < -0.4 is 5.32 Å². The number of benzene rings is 1. The van der Waals surface area contributed by atoms with Gasteiger partial charge in [0.05, 0.1) is 0 Å². The number of aromatic hydroxyl groups is 1. The highest BCUT2D eigenvalue weighted by atomic mass is 19.3. The summed E-state index contributed by atoms with van der Waals surface area (Å²) in [5.74, 6) is 0.159. The van der Waals surface area contributed by atoms with Crippen LogP contribution in [0.2, 0.25) is 0 Å². The van der Waals surface area contributed by atoms with Gasteiger partial charge in [0.2, 0.25) is 0 Å². The van der Waals surface area contributed by atoms with E-state index in [-0.39, 0.29) is 12.3 Å². The van der Waals surface area contributed by atoms with Crippen LogP contribution in [0.4, 0.5) is 8.78 Å². The molecule has 0 aromatic heterocycles. The maximum Gasteiger partial charge on any atom is 0.265 e. The van der Waals surface area contributed by atoms with Gasteiger partial charge in [0, 0.05) is 13.1 Å². The summed E-state index contributed by atoms with van der Waals surface area (Å²) < 4.78 is 23.8. The minimum absolute atomic E-state index is 0.154. The number of nitrogens with one attached hydrogen (secondary N) is 1. The fourth-order valence-corrected chi connectivity index (χ4v) is 1.07. The van der Waals surface area contributed by atoms with Crippen LogP contribution in [-0.4, -0.2) is 29.3 Å². The van der Waals surface area contributed by atoms with Crippen molar-refractivity contribution >= 4 is 0 Å². The van der Waals surface area contributed by atoms with Crippen molar-refractivity contribution in [2.24, 2.45) is 0 Å². The van der Waals surface area contributed by atoms with E-state index in [4.69, 9.17) is 10.2 Å². The molecule has 1 aromatic rings. The number of halogens is 2. The number of rotatable bonds is 5. The van der Waals surface area contributed by atoms with Gasteiger partial charge in [-0.3, -0.25) is 0 Å². The van der Waals surface area contributed by atoms with Crippen molar-refractivity contribution in [1.82, 2.24) is 5.32 Å². The van der Waals surface area contributed by atoms with Gasteiger partial charge in [0.1, 0.15) is 11.9 Å². The molecule has 0 saturated carbocycles. The maximum atomic E-state index is 11.9. The second-order valence-corrected chi connectivity index (χ2v) is 3.20. The molecular formula is C10H13F2NO2. The fraction of sp³-hybridized carbons (Fsp3) is 0.400. The Labute approximate surface area is 86.4 Å². The molecule has 15 heavy (non-hydrogen) atoms. The predicted octanol–water partition coefficient (Wildman–Crippen LogP) is 1.11. The first kappa shape index (κ1) is 11.9. The van der Waals surface area contributed by atoms with Crippen molar-refractivity contribution in [2.45, 2.75) is 19.1 Å². The molecule has 0 heterocycles. The van der Waals surface area contributed by atoms with Gasteiger partial charge in [-0.15, -0.1) is 0 Å². The van der Waals surface area contributed by atoms with Crippen LogP contribution in [0.5, 0.6) is 5.75 Å². The van der Waals surface area contributed by atoms with Crippen molar-refractivity contribution in [1.29, 1.82) is 0 Å². The molecule has 0 spiro atoms. The first-order chi connectivity index (χ1) is 7.09. The molecule has 0 bridgehead atoms. The van der Waals surface area contributed by atoms with E-state index in [1.807, 2.05) is 0 Å². The second kappa shape index (κ2) is 5.63. The second-order valence-electron chi connectivity index (χ2n) is 3.20. The van der Waals surface area contributed by atoms with Crippen molar-refractivity contribution in [3.8, 4) is 5.75 Å². The van der Waals surface area contributed by atoms with Gasteiger partial charge in [0.15, 0.2) is 0 Å². The zero-order valence-electron chi connectivity index (χ0n) is 8.03. The minimum Gasteiger partial charge on any atom is -0.508 e. The number of aliphatic hydroxyl groups excluding tert-OH is 1. The molecule has 0 aliphatic heterocycles. The smallest absolute Gasteiger partial charge is 0.265 e. The number of phenolic OH excluding ortho intramolecular Hbond substituents is 1. The van der Waals surface area contributed by atoms with E-state index in [1.165, 1.54) is 12.1 Å². The predicted molar refractivity (Wildman–Crippen MR) is 51.8 cm³/mol. The Bertz CT molecular complexity index is 290. The summed E-state index contributed by atoms with van der Waals surface area (Å²) in [5, 5.41) is 20.5. The Morgan fingerprint density at radius 2 is 1.80 bits per heavy atom. The molecular weight excluding hydrogens is 204 g/mol. The molecule has 0 amide bonds. The normalized spacial score (nSPS) is 13.1. The van der Waals surface area contributed by atoms with Crippen LogP contribution in [0.15, 0.2) is 24.3 Å². The van der Waals surface area contributed by atoms with Crippen LogP contribution in [0.25, 0.3) is 0 Å². The zero-order valence-corrected chi connectivity index (χ0v) is 8.03. The first-order valence-electron chi connectivity index (χ1n) is 4.54. The van der Waals surface area contributed by atoms with Gasteiger partial charge in [-0.05, 0) is 17.7 Å². The van der Waals surface area contributed by atoms with Gasteiger partial charge < -0.3 is 15.5 Å². The third kappa shape index (κ3) is 4.22. The molecule has 0 saturated heterocycles. The van der Waals surface area contributed by atoms with E-state index in [0.717, 1.165) is 5.56 Å². The molecule has 0 radical (unpaired) electrons. The molecule has 5 heteroatoms. The summed E-state index contributed by atoms with van der Waals surface area (Å²) in [6, 6.07) is 6.38. The highest BCUT2D eigenvalue weighted by molar-refractivity contribution is 5.25. The summed E-state index contributed by atoms with van der Waals surface area (Å²) in [7, 11) is 0. The van der Waals surface area contributed by atoms with Gasteiger partial charge in [-0.1, -0.05) is 12.1 Å². The molecule has 1 unspecified atom stereocenters. The lowest BCUT2D eigenvalue weighted by Gasteiger charge is -2.10. The quantitative estimate of drug-likeness (QED) is 0.692. The highest BCUT2D eigenvalue weighted by Gasteiger charge is 2.15. The van der Waals surface area contributed by atoms with Crippen molar-refractivity contribution < 1.29 is 19.0 Å². The molecule has 0 fully saturated rings. The number of hydrogen-bond donors (Lipinski definition) is 3. The van der Waals surface area contributed by atoms with Gasteiger partial charge in [0.25, 0.3) is 6.43 Å². The summed E-state index contributed by atoms with van der Waals surface area (Å²) >= 11 is 0. The number of aliphatic hydroxyl groups is 1. The molecule has 1 atom stereocenters. The van der Waals surface area contributed by atoms with E-state index < -0.39 is 12.5 Å². The molecule has 3 N–H and O–H groups in total. The summed E-state index contributed by atoms with van der Waals surface area (Å²) in [6.07, 6.45) is -4.36. The molecule has 3 nitrogen and oxygen atoms in total. The van der Waals surface area contributed by atoms with E-state index in [2.05, 4.69) is 5.32 Å². The summed E-state index contributed by atoms with van der Waals surface area (Å²) in [4.78, 5) is 0. The van der Waals surface area contributed by atoms with Crippen LogP contribution in [0, 0.1) is 0 Å². The Balaban J connectivity index is 2.29. The topological polar surface area (TPSA) is 52.5 Å². The van der Waals surface area contributed by atoms with Gasteiger partial charge >= 0.3 is 0 Å². The van der Waals surface area contributed by atoms with Gasteiger partial charge in [-0.2, -0.15) is 0 Å². The van der Waals surface area contributed by atoms with E-state index in [0.29, 0.717) is 6.54 Å². The summed E-state index contributed by atoms with van der Waals surface area (Å²) in [5.41, 5.74) is 0.856. The molecule has 1 rings (SSSR count). The van der Waals surface area contributed by atoms with Crippen LogP contribution in [0.3, 0.4) is 0 Å². The van der Waals surface area contributed by atoms with Gasteiger partial charge in [-0.25, -0.2) is 8.78 Å². The SMILES string of the molecule is Oc1ccc(CNCC(O)C(F)F)cc1. The standard InChI is InChI=1S/C10H13F2NO2/c11-10(12)9(15)6-13-5-7-1-3-8(14)4-2-7/h1-4,9-10,13-15H,5-6H2. The summed E-state index contributed by atoms with van der Waals surface area (Å²) in [6.45, 7) is 0.225. The molecule has 0 aliphatic carbocycles. The zero-order chi connectivity index (χ0) is 11.3.